The number of nitrogens with zero attached hydrogens (tertiary/aromatic N) is 2. The minimum Gasteiger partial charge on any atom is -0.504 e. The topological polar surface area (TPSA) is 104 Å². The molecule has 0 spiro atoms. The standard InChI is InChI=1S/C27H30Cl2N2O6/c1-6-37-18-11-13(7-10-17(18)32)20-14-8-9-15-19(22(34)31(21(15)33)25(2,3)4)16(14)12-26(28)23(35)30(5)24(36)27(20,26)29/h7-8,10-11,15-16,19-20,32H,6,9,12H2,1-5H3. The van der Waals surface area contributed by atoms with E-state index in [9.17, 15) is 24.3 Å². The van der Waals surface area contributed by atoms with E-state index in [-0.39, 0.29) is 29.7 Å². The van der Waals surface area contributed by atoms with Gasteiger partial charge in [-0.2, -0.15) is 0 Å². The highest BCUT2D eigenvalue weighted by atomic mass is 35.5. The van der Waals surface area contributed by atoms with Crippen molar-refractivity contribution >= 4 is 46.8 Å². The third-order valence-electron chi connectivity index (χ3n) is 8.30. The molecule has 3 fully saturated rings. The molecule has 8 nitrogen and oxygen atoms in total. The highest BCUT2D eigenvalue weighted by Gasteiger charge is 2.76. The molecule has 1 N–H and O–H groups in total. The van der Waals surface area contributed by atoms with E-state index >= 15 is 0 Å². The molecule has 5 rings (SSSR count). The van der Waals surface area contributed by atoms with Gasteiger partial charge in [0.05, 0.1) is 18.4 Å². The molecular formula is C27H30Cl2N2O6. The predicted octanol–water partition coefficient (Wildman–Crippen LogP) is 3.58. The highest BCUT2D eigenvalue weighted by Crippen LogP contribution is 2.65. The summed E-state index contributed by atoms with van der Waals surface area (Å²) in [5.41, 5.74) is 0.516. The van der Waals surface area contributed by atoms with Crippen LogP contribution in [-0.4, -0.2) is 67.5 Å². The van der Waals surface area contributed by atoms with Crippen LogP contribution in [0.2, 0.25) is 0 Å². The zero-order chi connectivity index (χ0) is 27.2. The first-order valence-corrected chi connectivity index (χ1v) is 13.2. The summed E-state index contributed by atoms with van der Waals surface area (Å²) in [4.78, 5) is 52.7. The van der Waals surface area contributed by atoms with Crippen LogP contribution in [0.1, 0.15) is 52.0 Å². The number of carbonyl (C=O) groups excluding carboxylic acids is 4. The Hall–Kier alpha value is -2.58. The average Bonchev–Trinajstić information content (AvgIpc) is 3.16. The molecule has 2 aliphatic heterocycles. The number of likely N-dealkylation sites (tertiary alicyclic amines) is 2. The van der Waals surface area contributed by atoms with Crippen LogP contribution >= 0.6 is 23.2 Å². The lowest BCUT2D eigenvalue weighted by molar-refractivity contribution is -0.146. The van der Waals surface area contributed by atoms with Crippen molar-refractivity contribution in [2.45, 2.75) is 61.7 Å². The second-order valence-corrected chi connectivity index (χ2v) is 12.6. The number of phenolic OH excluding ortho intramolecular Hbond substituents is 1. The molecule has 37 heavy (non-hydrogen) atoms. The summed E-state index contributed by atoms with van der Waals surface area (Å²) in [7, 11) is 1.35. The number of aromatic hydroxyl groups is 1. The molecule has 1 saturated carbocycles. The number of fused-ring (bicyclic) bond motifs is 4. The first kappa shape index (κ1) is 26.0. The van der Waals surface area contributed by atoms with Crippen LogP contribution in [0.25, 0.3) is 0 Å². The molecule has 1 aromatic carbocycles. The molecule has 6 unspecified atom stereocenters. The fraction of sp³-hybridized carbons (Fsp3) is 0.556. The van der Waals surface area contributed by atoms with Gasteiger partial charge >= 0.3 is 0 Å². The fourth-order valence-corrected chi connectivity index (χ4v) is 7.78. The maximum atomic E-state index is 13.8. The van der Waals surface area contributed by atoms with Crippen LogP contribution in [-0.2, 0) is 19.2 Å². The van der Waals surface area contributed by atoms with Gasteiger partial charge in [0.2, 0.25) is 11.8 Å². The Morgan fingerprint density at radius 3 is 2.38 bits per heavy atom. The quantitative estimate of drug-likeness (QED) is 0.351. The molecule has 4 amide bonds. The van der Waals surface area contributed by atoms with E-state index in [1.807, 2.05) is 26.8 Å². The van der Waals surface area contributed by atoms with Crippen LogP contribution in [0.3, 0.4) is 0 Å². The normalized spacial score (nSPS) is 35.4. The lowest BCUT2D eigenvalue weighted by Crippen LogP contribution is -2.60. The second kappa shape index (κ2) is 8.21. The Morgan fingerprint density at radius 2 is 1.76 bits per heavy atom. The van der Waals surface area contributed by atoms with Crippen molar-refractivity contribution in [1.82, 2.24) is 9.80 Å². The van der Waals surface area contributed by atoms with E-state index in [4.69, 9.17) is 27.9 Å². The van der Waals surface area contributed by atoms with Gasteiger partial charge in [-0.05, 0) is 64.2 Å². The maximum absolute atomic E-state index is 13.8. The Kier molecular flexibility index (Phi) is 5.78. The maximum Gasteiger partial charge on any atom is 0.253 e. The number of alkyl halides is 2. The summed E-state index contributed by atoms with van der Waals surface area (Å²) in [6, 6.07) is 4.67. The van der Waals surface area contributed by atoms with Crippen molar-refractivity contribution in [3.8, 4) is 11.5 Å². The number of phenols is 1. The summed E-state index contributed by atoms with van der Waals surface area (Å²) < 4.78 is 5.58. The molecule has 6 atom stereocenters. The molecule has 4 aliphatic rings. The Bertz CT molecular complexity index is 1270. The van der Waals surface area contributed by atoms with Gasteiger partial charge in [-0.3, -0.25) is 29.0 Å². The number of allylic oxidation sites excluding steroid dienone is 2. The van der Waals surface area contributed by atoms with Crippen molar-refractivity contribution in [2.75, 3.05) is 13.7 Å². The van der Waals surface area contributed by atoms with Crippen molar-refractivity contribution in [2.24, 2.45) is 17.8 Å². The van der Waals surface area contributed by atoms with E-state index < -0.39 is 50.8 Å². The van der Waals surface area contributed by atoms with E-state index in [1.165, 1.54) is 18.0 Å². The number of imide groups is 2. The largest absolute Gasteiger partial charge is 0.504 e. The zero-order valence-electron chi connectivity index (χ0n) is 21.4. The van der Waals surface area contributed by atoms with Crippen LogP contribution in [0.5, 0.6) is 11.5 Å². The first-order valence-electron chi connectivity index (χ1n) is 12.4. The van der Waals surface area contributed by atoms with Crippen LogP contribution < -0.4 is 4.74 Å². The smallest absolute Gasteiger partial charge is 0.253 e. The van der Waals surface area contributed by atoms with E-state index in [1.54, 1.807) is 19.1 Å². The molecule has 0 aromatic heterocycles. The molecule has 2 heterocycles. The summed E-state index contributed by atoms with van der Waals surface area (Å²) in [6.45, 7) is 7.50. The molecule has 198 valence electrons. The lowest BCUT2D eigenvalue weighted by Gasteiger charge is -2.50. The van der Waals surface area contributed by atoms with Gasteiger partial charge < -0.3 is 9.84 Å². The Balaban J connectivity index is 1.72. The van der Waals surface area contributed by atoms with Crippen LogP contribution in [0.4, 0.5) is 0 Å². The van der Waals surface area contributed by atoms with Gasteiger partial charge in [0.1, 0.15) is 0 Å². The number of carbonyl (C=O) groups is 4. The summed E-state index contributed by atoms with van der Waals surface area (Å²) in [5.74, 6) is -4.45. The minimum absolute atomic E-state index is 0.0517. The Labute approximate surface area is 225 Å². The number of amides is 4. The van der Waals surface area contributed by atoms with Gasteiger partial charge in [0.15, 0.2) is 21.2 Å². The number of rotatable bonds is 3. The fourth-order valence-electron chi connectivity index (χ4n) is 6.76. The second-order valence-electron chi connectivity index (χ2n) is 11.3. The van der Waals surface area contributed by atoms with E-state index in [2.05, 4.69) is 0 Å². The third-order valence-corrected chi connectivity index (χ3v) is 9.72. The van der Waals surface area contributed by atoms with Gasteiger partial charge in [0.25, 0.3) is 11.8 Å². The highest BCUT2D eigenvalue weighted by molar-refractivity contribution is 6.53. The van der Waals surface area contributed by atoms with Crippen LogP contribution in [0, 0.1) is 17.8 Å². The van der Waals surface area contributed by atoms with Crippen molar-refractivity contribution < 1.29 is 29.0 Å². The first-order chi connectivity index (χ1) is 17.2. The number of hydrogen-bond donors (Lipinski definition) is 1. The van der Waals surface area contributed by atoms with Gasteiger partial charge in [-0.25, -0.2) is 0 Å². The monoisotopic (exact) mass is 548 g/mol. The number of hydrogen-bond acceptors (Lipinski definition) is 6. The van der Waals surface area contributed by atoms with Crippen LogP contribution in [0.15, 0.2) is 29.8 Å². The SMILES string of the molecule is CCOc1cc(C2C3=CCC4C(=O)N(C(C)(C)C)C(=O)C4C3CC3(Cl)C(=O)N(C)C(=O)C23Cl)ccc1O. The predicted molar refractivity (Wildman–Crippen MR) is 136 cm³/mol. The average molecular weight is 549 g/mol. The molecular weight excluding hydrogens is 519 g/mol. The molecule has 2 saturated heterocycles. The zero-order valence-corrected chi connectivity index (χ0v) is 22.9. The lowest BCUT2D eigenvalue weighted by atomic mass is 9.56. The summed E-state index contributed by atoms with van der Waals surface area (Å²) in [6.07, 6.45) is 2.14. The van der Waals surface area contributed by atoms with Crippen molar-refractivity contribution in [1.29, 1.82) is 0 Å². The molecule has 0 bridgehead atoms. The number of benzene rings is 1. The van der Waals surface area contributed by atoms with E-state index in [0.29, 0.717) is 24.2 Å². The third kappa shape index (κ3) is 3.27. The van der Waals surface area contributed by atoms with Gasteiger partial charge in [0, 0.05) is 18.5 Å². The van der Waals surface area contributed by atoms with Crippen molar-refractivity contribution in [3.63, 3.8) is 0 Å². The molecule has 10 heteroatoms. The minimum atomic E-state index is -1.87. The molecule has 0 radical (unpaired) electrons. The molecule has 1 aromatic rings. The van der Waals surface area contributed by atoms with Gasteiger partial charge in [-0.15, -0.1) is 23.2 Å². The Morgan fingerprint density at radius 1 is 1.08 bits per heavy atom. The van der Waals surface area contributed by atoms with Gasteiger partial charge in [-0.1, -0.05) is 17.7 Å². The van der Waals surface area contributed by atoms with E-state index in [0.717, 1.165) is 4.90 Å². The number of ether oxygens (including phenoxy) is 1. The molecule has 2 aliphatic carbocycles. The number of halogens is 2. The van der Waals surface area contributed by atoms with Crippen molar-refractivity contribution in [3.05, 3.63) is 35.4 Å². The summed E-state index contributed by atoms with van der Waals surface area (Å²) in [5, 5.41) is 10.3. The summed E-state index contributed by atoms with van der Waals surface area (Å²) >= 11 is 14.3.